The number of hydrogen-bond acceptors (Lipinski definition) is 2. The third-order valence-electron chi connectivity index (χ3n) is 2.69. The zero-order valence-electron chi connectivity index (χ0n) is 8.33. The van der Waals surface area contributed by atoms with E-state index in [9.17, 15) is 8.76 Å². The SMILES string of the molecule is CCC1CCCCC1OP(C)(=O)F. The quantitative estimate of drug-likeness (QED) is 0.660. The summed E-state index contributed by atoms with van der Waals surface area (Å²) in [5.74, 6) is 0.401. The number of hydrogen-bond donors (Lipinski definition) is 0. The van der Waals surface area contributed by atoms with Gasteiger partial charge in [0.2, 0.25) is 0 Å². The molecule has 1 aliphatic carbocycles. The minimum atomic E-state index is -3.78. The van der Waals surface area contributed by atoms with Gasteiger partial charge in [0.15, 0.2) is 0 Å². The second-order valence-corrected chi connectivity index (χ2v) is 5.55. The van der Waals surface area contributed by atoms with Crippen LogP contribution in [0.5, 0.6) is 0 Å². The fraction of sp³-hybridized carbons (Fsp3) is 1.00. The zero-order chi connectivity index (χ0) is 9.90. The van der Waals surface area contributed by atoms with Crippen LogP contribution in [-0.4, -0.2) is 12.8 Å². The van der Waals surface area contributed by atoms with Crippen molar-refractivity contribution in [3.63, 3.8) is 0 Å². The predicted molar refractivity (Wildman–Crippen MR) is 51.8 cm³/mol. The Morgan fingerprint density at radius 2 is 2.08 bits per heavy atom. The van der Waals surface area contributed by atoms with Gasteiger partial charge in [-0.1, -0.05) is 26.2 Å². The average molecular weight is 208 g/mol. The van der Waals surface area contributed by atoms with E-state index in [0.29, 0.717) is 5.92 Å². The van der Waals surface area contributed by atoms with Gasteiger partial charge < -0.3 is 4.52 Å². The molecule has 0 aromatic carbocycles. The predicted octanol–water partition coefficient (Wildman–Crippen LogP) is 3.76. The van der Waals surface area contributed by atoms with Crippen LogP contribution in [0.1, 0.15) is 39.0 Å². The van der Waals surface area contributed by atoms with Crippen molar-refractivity contribution in [3.8, 4) is 0 Å². The lowest BCUT2D eigenvalue weighted by Gasteiger charge is -2.30. The molecule has 0 N–H and O–H groups in total. The molecule has 0 bridgehead atoms. The highest BCUT2D eigenvalue weighted by molar-refractivity contribution is 7.52. The summed E-state index contributed by atoms with van der Waals surface area (Å²) in [5, 5.41) is 0. The van der Waals surface area contributed by atoms with Crippen molar-refractivity contribution in [1.29, 1.82) is 0 Å². The van der Waals surface area contributed by atoms with Gasteiger partial charge in [0.05, 0.1) is 6.10 Å². The van der Waals surface area contributed by atoms with Gasteiger partial charge in [0.1, 0.15) is 0 Å². The second kappa shape index (κ2) is 4.56. The molecule has 1 saturated carbocycles. The van der Waals surface area contributed by atoms with Crippen LogP contribution in [0.25, 0.3) is 0 Å². The smallest absolute Gasteiger partial charge is 0.302 e. The molecule has 1 fully saturated rings. The lowest BCUT2D eigenvalue weighted by Crippen LogP contribution is -2.25. The number of halogens is 1. The first-order valence-corrected chi connectivity index (χ1v) is 6.95. The van der Waals surface area contributed by atoms with E-state index in [1.54, 1.807) is 0 Å². The summed E-state index contributed by atoms with van der Waals surface area (Å²) in [5.41, 5.74) is 0. The van der Waals surface area contributed by atoms with Crippen molar-refractivity contribution >= 4 is 7.68 Å². The second-order valence-electron chi connectivity index (χ2n) is 3.84. The summed E-state index contributed by atoms with van der Waals surface area (Å²) < 4.78 is 28.6. The van der Waals surface area contributed by atoms with E-state index in [2.05, 4.69) is 6.92 Å². The van der Waals surface area contributed by atoms with Gasteiger partial charge >= 0.3 is 7.68 Å². The van der Waals surface area contributed by atoms with Crippen LogP contribution in [0.2, 0.25) is 0 Å². The first-order chi connectivity index (χ1) is 6.03. The molecule has 3 atom stereocenters. The van der Waals surface area contributed by atoms with Crippen LogP contribution < -0.4 is 0 Å². The Morgan fingerprint density at radius 3 is 2.62 bits per heavy atom. The highest BCUT2D eigenvalue weighted by Gasteiger charge is 2.29. The van der Waals surface area contributed by atoms with Gasteiger partial charge in [-0.3, -0.25) is 4.57 Å². The van der Waals surface area contributed by atoms with E-state index >= 15 is 0 Å². The Bertz CT molecular complexity index is 202. The van der Waals surface area contributed by atoms with E-state index in [1.165, 1.54) is 6.42 Å². The number of rotatable bonds is 3. The molecule has 1 rings (SSSR count). The molecule has 0 saturated heterocycles. The lowest BCUT2D eigenvalue weighted by molar-refractivity contribution is 0.0864. The average Bonchev–Trinajstić information content (AvgIpc) is 2.02. The van der Waals surface area contributed by atoms with E-state index in [1.807, 2.05) is 0 Å². The van der Waals surface area contributed by atoms with Crippen LogP contribution in [-0.2, 0) is 9.09 Å². The minimum Gasteiger partial charge on any atom is -0.302 e. The molecule has 0 aliphatic heterocycles. The monoisotopic (exact) mass is 208 g/mol. The molecule has 2 nitrogen and oxygen atoms in total. The van der Waals surface area contributed by atoms with E-state index in [0.717, 1.165) is 32.3 Å². The molecule has 0 aromatic rings. The molecule has 0 heterocycles. The fourth-order valence-electron chi connectivity index (χ4n) is 2.02. The maximum atomic E-state index is 12.8. The highest BCUT2D eigenvalue weighted by Crippen LogP contribution is 2.48. The van der Waals surface area contributed by atoms with Crippen LogP contribution in [0.4, 0.5) is 4.20 Å². The van der Waals surface area contributed by atoms with E-state index < -0.39 is 7.68 Å². The maximum Gasteiger partial charge on any atom is 0.364 e. The molecule has 78 valence electrons. The van der Waals surface area contributed by atoms with Crippen molar-refractivity contribution in [3.05, 3.63) is 0 Å². The molecular formula is C9H18FO2P. The van der Waals surface area contributed by atoms with Crippen LogP contribution in [0.15, 0.2) is 0 Å². The summed E-state index contributed by atoms with van der Waals surface area (Å²) in [6, 6.07) is 0. The van der Waals surface area contributed by atoms with E-state index in [4.69, 9.17) is 4.52 Å². The molecule has 1 aliphatic rings. The lowest BCUT2D eigenvalue weighted by atomic mass is 9.85. The first kappa shape index (κ1) is 11.2. The van der Waals surface area contributed by atoms with Gasteiger partial charge in [-0.2, -0.15) is 4.20 Å². The topological polar surface area (TPSA) is 26.3 Å². The molecule has 0 amide bonds. The Morgan fingerprint density at radius 1 is 1.46 bits per heavy atom. The van der Waals surface area contributed by atoms with Gasteiger partial charge in [0, 0.05) is 6.66 Å². The third kappa shape index (κ3) is 3.78. The highest BCUT2D eigenvalue weighted by atomic mass is 31.2. The largest absolute Gasteiger partial charge is 0.364 e. The normalized spacial score (nSPS) is 34.1. The Hall–Kier alpha value is 0.120. The molecule has 3 unspecified atom stereocenters. The fourth-order valence-corrected chi connectivity index (χ4v) is 2.78. The summed E-state index contributed by atoms with van der Waals surface area (Å²) in [6.07, 6.45) is 5.09. The van der Waals surface area contributed by atoms with Crippen molar-refractivity contribution in [1.82, 2.24) is 0 Å². The molecular weight excluding hydrogens is 190 g/mol. The standard InChI is InChI=1S/C9H18FO2P/c1-3-8-6-4-5-7-9(8)12-13(2,10)11/h8-9H,3-7H2,1-2H3. The molecule has 0 radical (unpaired) electrons. The third-order valence-corrected chi connectivity index (χ3v) is 3.33. The molecule has 0 aromatic heterocycles. The van der Waals surface area contributed by atoms with Crippen LogP contribution >= 0.6 is 7.68 Å². The van der Waals surface area contributed by atoms with Crippen LogP contribution in [0.3, 0.4) is 0 Å². The Labute approximate surface area is 79.4 Å². The molecule has 13 heavy (non-hydrogen) atoms. The first-order valence-electron chi connectivity index (χ1n) is 4.98. The minimum absolute atomic E-state index is 0.111. The van der Waals surface area contributed by atoms with Crippen molar-refractivity contribution < 1.29 is 13.3 Å². The molecule has 4 heteroatoms. The van der Waals surface area contributed by atoms with Gasteiger partial charge in [-0.05, 0) is 18.8 Å². The van der Waals surface area contributed by atoms with Crippen molar-refractivity contribution in [2.45, 2.75) is 45.1 Å². The Kier molecular flexibility index (Phi) is 3.93. The Balaban J connectivity index is 2.50. The van der Waals surface area contributed by atoms with Gasteiger partial charge in [0.25, 0.3) is 0 Å². The summed E-state index contributed by atoms with van der Waals surface area (Å²) >= 11 is 0. The van der Waals surface area contributed by atoms with Crippen molar-refractivity contribution in [2.75, 3.05) is 6.66 Å². The van der Waals surface area contributed by atoms with Crippen LogP contribution in [0, 0.1) is 5.92 Å². The zero-order valence-corrected chi connectivity index (χ0v) is 9.23. The van der Waals surface area contributed by atoms with E-state index in [-0.39, 0.29) is 6.10 Å². The maximum absolute atomic E-state index is 12.8. The molecule has 0 spiro atoms. The van der Waals surface area contributed by atoms with Gasteiger partial charge in [-0.25, -0.2) is 0 Å². The summed E-state index contributed by atoms with van der Waals surface area (Å²) in [4.78, 5) is 0. The van der Waals surface area contributed by atoms with Gasteiger partial charge in [-0.15, -0.1) is 0 Å². The summed E-state index contributed by atoms with van der Waals surface area (Å²) in [6.45, 7) is 3.12. The summed E-state index contributed by atoms with van der Waals surface area (Å²) in [7, 11) is -3.78. The van der Waals surface area contributed by atoms with Crippen molar-refractivity contribution in [2.24, 2.45) is 5.92 Å².